The van der Waals surface area contributed by atoms with E-state index >= 15 is 0 Å². The summed E-state index contributed by atoms with van der Waals surface area (Å²) in [6.45, 7) is 9.34. The fourth-order valence-electron chi connectivity index (χ4n) is 1.96. The Balaban J connectivity index is 2.37. The highest BCUT2D eigenvalue weighted by Crippen LogP contribution is 2.16. The largest absolute Gasteiger partial charge is 0.304 e. The van der Waals surface area contributed by atoms with E-state index in [-0.39, 0.29) is 6.04 Å². The summed E-state index contributed by atoms with van der Waals surface area (Å²) in [5.41, 5.74) is 0. The van der Waals surface area contributed by atoms with Gasteiger partial charge < -0.3 is 4.90 Å². The second kappa shape index (κ2) is 7.99. The van der Waals surface area contributed by atoms with Crippen LogP contribution in [0.25, 0.3) is 0 Å². The molecule has 0 aliphatic carbocycles. The molecule has 0 amide bonds. The first kappa shape index (κ1) is 16.6. The summed E-state index contributed by atoms with van der Waals surface area (Å²) < 4.78 is 27.1. The standard InChI is InChI=1S/C13H24N2O2S2/c1-4-15(5-2)10-6-8-12(3)14-19(16,17)13-9-7-11-18-13/h7,9,11-12,14H,4-6,8,10H2,1-3H3. The average Bonchev–Trinajstić information content (AvgIpc) is 2.88. The Labute approximate surface area is 120 Å². The lowest BCUT2D eigenvalue weighted by Crippen LogP contribution is -2.33. The molecular formula is C13H24N2O2S2. The van der Waals surface area contributed by atoms with Crippen molar-refractivity contribution in [1.29, 1.82) is 0 Å². The Morgan fingerprint density at radius 1 is 1.37 bits per heavy atom. The predicted octanol–water partition coefficient (Wildman–Crippen LogP) is 2.54. The van der Waals surface area contributed by atoms with E-state index in [1.807, 2.05) is 6.92 Å². The molecule has 1 N–H and O–H groups in total. The van der Waals surface area contributed by atoms with Crippen molar-refractivity contribution in [3.8, 4) is 0 Å². The number of thiophene rings is 1. The molecule has 0 aliphatic heterocycles. The van der Waals surface area contributed by atoms with Crippen LogP contribution in [0.1, 0.15) is 33.6 Å². The van der Waals surface area contributed by atoms with E-state index in [4.69, 9.17) is 0 Å². The molecule has 1 heterocycles. The quantitative estimate of drug-likeness (QED) is 0.763. The number of nitrogens with zero attached hydrogens (tertiary/aromatic N) is 1. The maximum absolute atomic E-state index is 12.0. The molecule has 6 heteroatoms. The number of hydrogen-bond donors (Lipinski definition) is 1. The summed E-state index contributed by atoms with van der Waals surface area (Å²) in [6.07, 6.45) is 1.87. The summed E-state index contributed by atoms with van der Waals surface area (Å²) in [5.74, 6) is 0. The molecule has 110 valence electrons. The van der Waals surface area contributed by atoms with Crippen LogP contribution in [0, 0.1) is 0 Å². The zero-order valence-corrected chi connectivity index (χ0v) is 13.6. The van der Waals surface area contributed by atoms with Gasteiger partial charge in [0, 0.05) is 6.04 Å². The van der Waals surface area contributed by atoms with Crippen LogP contribution in [0.2, 0.25) is 0 Å². The maximum atomic E-state index is 12.0. The van der Waals surface area contributed by atoms with Gasteiger partial charge in [-0.3, -0.25) is 0 Å². The molecule has 0 radical (unpaired) electrons. The van der Waals surface area contributed by atoms with Crippen LogP contribution in [0.5, 0.6) is 0 Å². The van der Waals surface area contributed by atoms with E-state index in [1.165, 1.54) is 11.3 Å². The minimum Gasteiger partial charge on any atom is -0.304 e. The van der Waals surface area contributed by atoms with E-state index in [2.05, 4.69) is 23.5 Å². The maximum Gasteiger partial charge on any atom is 0.250 e. The molecule has 4 nitrogen and oxygen atoms in total. The van der Waals surface area contributed by atoms with Gasteiger partial charge in [0.25, 0.3) is 0 Å². The van der Waals surface area contributed by atoms with E-state index in [0.717, 1.165) is 32.5 Å². The molecule has 0 spiro atoms. The summed E-state index contributed by atoms with van der Waals surface area (Å²) in [7, 11) is -3.32. The Kier molecular flexibility index (Phi) is 6.99. The number of hydrogen-bond acceptors (Lipinski definition) is 4. The topological polar surface area (TPSA) is 49.4 Å². The SMILES string of the molecule is CCN(CC)CCCC(C)NS(=O)(=O)c1cccs1. The third kappa shape index (κ3) is 5.60. The van der Waals surface area contributed by atoms with E-state index in [9.17, 15) is 8.42 Å². The van der Waals surface area contributed by atoms with Gasteiger partial charge in [0.15, 0.2) is 0 Å². The molecule has 0 saturated carbocycles. The third-order valence-electron chi connectivity index (χ3n) is 3.12. The normalized spacial score (nSPS) is 13.9. The molecule has 19 heavy (non-hydrogen) atoms. The minimum absolute atomic E-state index is 0.0253. The van der Waals surface area contributed by atoms with E-state index in [0.29, 0.717) is 4.21 Å². The second-order valence-electron chi connectivity index (χ2n) is 4.62. The molecule has 1 unspecified atom stereocenters. The minimum atomic E-state index is -3.32. The summed E-state index contributed by atoms with van der Waals surface area (Å²) in [4.78, 5) is 2.35. The molecule has 0 saturated heterocycles. The van der Waals surface area contributed by atoms with Gasteiger partial charge in [0.05, 0.1) is 0 Å². The van der Waals surface area contributed by atoms with Gasteiger partial charge in [-0.1, -0.05) is 19.9 Å². The zero-order valence-electron chi connectivity index (χ0n) is 11.9. The second-order valence-corrected chi connectivity index (χ2v) is 7.51. The predicted molar refractivity (Wildman–Crippen MR) is 81.1 cm³/mol. The molecule has 0 aromatic carbocycles. The molecular weight excluding hydrogens is 280 g/mol. The summed E-state index contributed by atoms with van der Waals surface area (Å²) >= 11 is 1.25. The highest BCUT2D eigenvalue weighted by Gasteiger charge is 2.17. The van der Waals surface area contributed by atoms with Crippen LogP contribution < -0.4 is 4.72 Å². The first-order valence-corrected chi connectivity index (χ1v) is 9.14. The van der Waals surface area contributed by atoms with Gasteiger partial charge in [-0.25, -0.2) is 13.1 Å². The Bertz CT molecular complexity index is 439. The van der Waals surface area contributed by atoms with Crippen molar-refractivity contribution in [3.63, 3.8) is 0 Å². The monoisotopic (exact) mass is 304 g/mol. The molecule has 0 bridgehead atoms. The van der Waals surface area contributed by atoms with Crippen molar-refractivity contribution >= 4 is 21.4 Å². The number of nitrogens with one attached hydrogen (secondary N) is 1. The van der Waals surface area contributed by atoms with Gasteiger partial charge in [-0.15, -0.1) is 11.3 Å². The number of rotatable bonds is 9. The molecule has 1 atom stereocenters. The lowest BCUT2D eigenvalue weighted by molar-refractivity contribution is 0.293. The van der Waals surface area contributed by atoms with E-state index < -0.39 is 10.0 Å². The van der Waals surface area contributed by atoms with Gasteiger partial charge in [0.1, 0.15) is 4.21 Å². The van der Waals surface area contributed by atoms with Crippen LogP contribution in [0.3, 0.4) is 0 Å². The zero-order chi connectivity index (χ0) is 14.3. The molecule has 0 aliphatic rings. The Morgan fingerprint density at radius 2 is 2.05 bits per heavy atom. The van der Waals surface area contributed by atoms with Crippen molar-refractivity contribution in [3.05, 3.63) is 17.5 Å². The van der Waals surface area contributed by atoms with Gasteiger partial charge in [-0.2, -0.15) is 0 Å². The fourth-order valence-corrected chi connectivity index (χ4v) is 4.25. The average molecular weight is 304 g/mol. The highest BCUT2D eigenvalue weighted by molar-refractivity contribution is 7.91. The summed E-state index contributed by atoms with van der Waals surface area (Å²) in [5, 5.41) is 1.78. The van der Waals surface area contributed by atoms with Crippen molar-refractivity contribution in [1.82, 2.24) is 9.62 Å². The Hall–Kier alpha value is -0.430. The third-order valence-corrected chi connectivity index (χ3v) is 6.11. The van der Waals surface area contributed by atoms with Crippen LogP contribution >= 0.6 is 11.3 Å². The number of sulfonamides is 1. The van der Waals surface area contributed by atoms with Gasteiger partial charge in [-0.05, 0) is 50.8 Å². The first-order valence-electron chi connectivity index (χ1n) is 6.77. The van der Waals surface area contributed by atoms with Crippen molar-refractivity contribution in [2.45, 2.75) is 43.9 Å². The van der Waals surface area contributed by atoms with Crippen LogP contribution in [0.15, 0.2) is 21.7 Å². The van der Waals surface area contributed by atoms with Gasteiger partial charge in [0.2, 0.25) is 10.0 Å². The van der Waals surface area contributed by atoms with Crippen LogP contribution in [0.4, 0.5) is 0 Å². The molecule has 1 aromatic heterocycles. The van der Waals surface area contributed by atoms with E-state index in [1.54, 1.807) is 17.5 Å². The molecule has 1 aromatic rings. The molecule has 0 fully saturated rings. The lowest BCUT2D eigenvalue weighted by atomic mass is 10.2. The first-order chi connectivity index (χ1) is 8.99. The lowest BCUT2D eigenvalue weighted by Gasteiger charge is -2.19. The smallest absolute Gasteiger partial charge is 0.250 e. The summed E-state index contributed by atoms with van der Waals surface area (Å²) in [6, 6.07) is 3.36. The Morgan fingerprint density at radius 3 is 2.58 bits per heavy atom. The van der Waals surface area contributed by atoms with Gasteiger partial charge >= 0.3 is 0 Å². The van der Waals surface area contributed by atoms with Crippen molar-refractivity contribution < 1.29 is 8.42 Å². The molecule has 1 rings (SSSR count). The van der Waals surface area contributed by atoms with Crippen LogP contribution in [-0.4, -0.2) is 39.0 Å². The highest BCUT2D eigenvalue weighted by atomic mass is 32.2. The van der Waals surface area contributed by atoms with Crippen molar-refractivity contribution in [2.75, 3.05) is 19.6 Å². The fraction of sp³-hybridized carbons (Fsp3) is 0.692. The van der Waals surface area contributed by atoms with Crippen molar-refractivity contribution in [2.24, 2.45) is 0 Å². The van der Waals surface area contributed by atoms with Crippen LogP contribution in [-0.2, 0) is 10.0 Å².